The van der Waals surface area contributed by atoms with Crippen molar-refractivity contribution in [2.75, 3.05) is 18.4 Å². The Bertz CT molecular complexity index is 454. The summed E-state index contributed by atoms with van der Waals surface area (Å²) in [6.45, 7) is 3.83. The van der Waals surface area contributed by atoms with Gasteiger partial charge in [0, 0.05) is 37.2 Å². The molecule has 1 atom stereocenters. The fraction of sp³-hybridized carbons (Fsp3) is 0.533. The summed E-state index contributed by atoms with van der Waals surface area (Å²) >= 11 is 0. The van der Waals surface area contributed by atoms with Gasteiger partial charge in [0.15, 0.2) is 0 Å². The third-order valence-electron chi connectivity index (χ3n) is 4.01. The zero-order chi connectivity index (χ0) is 12.5. The van der Waals surface area contributed by atoms with Gasteiger partial charge in [0.1, 0.15) is 0 Å². The summed E-state index contributed by atoms with van der Waals surface area (Å²) in [6, 6.07) is 8.87. The number of fused-ring (bicyclic) bond motifs is 1. The minimum atomic E-state index is 0.323. The van der Waals surface area contributed by atoms with Crippen LogP contribution in [0.25, 0.3) is 0 Å². The summed E-state index contributed by atoms with van der Waals surface area (Å²) < 4.78 is 0. The van der Waals surface area contributed by atoms with E-state index in [9.17, 15) is 4.79 Å². The van der Waals surface area contributed by atoms with Crippen LogP contribution in [0.5, 0.6) is 0 Å². The molecule has 1 aliphatic heterocycles. The van der Waals surface area contributed by atoms with Gasteiger partial charge in [0.25, 0.3) is 0 Å². The molecule has 2 aliphatic rings. The van der Waals surface area contributed by atoms with Gasteiger partial charge in [-0.2, -0.15) is 0 Å². The monoisotopic (exact) mass is 244 g/mol. The Morgan fingerprint density at radius 1 is 1.39 bits per heavy atom. The highest BCUT2D eigenvalue weighted by Gasteiger charge is 2.33. The average molecular weight is 244 g/mol. The molecule has 1 N–H and O–H groups in total. The van der Waals surface area contributed by atoms with Crippen LogP contribution in [0.1, 0.15) is 37.7 Å². The van der Waals surface area contributed by atoms with Gasteiger partial charge in [-0.3, -0.25) is 4.79 Å². The van der Waals surface area contributed by atoms with Crippen LogP contribution in [-0.4, -0.2) is 29.9 Å². The van der Waals surface area contributed by atoms with Crippen LogP contribution in [0.3, 0.4) is 0 Å². The molecule has 1 saturated carbocycles. The SMILES string of the molecule is CCN(C(=O)CC1CNc2ccccc21)C1CC1. The number of nitrogens with one attached hydrogen (secondary N) is 1. The van der Waals surface area contributed by atoms with Crippen molar-refractivity contribution in [2.24, 2.45) is 0 Å². The Kier molecular flexibility index (Phi) is 2.98. The zero-order valence-electron chi connectivity index (χ0n) is 10.9. The lowest BCUT2D eigenvalue weighted by Gasteiger charge is -2.22. The molecule has 1 fully saturated rings. The molecule has 3 heteroatoms. The summed E-state index contributed by atoms with van der Waals surface area (Å²) in [5, 5.41) is 3.39. The first-order valence-corrected chi connectivity index (χ1v) is 6.92. The van der Waals surface area contributed by atoms with E-state index in [4.69, 9.17) is 0 Å². The van der Waals surface area contributed by atoms with Gasteiger partial charge in [-0.25, -0.2) is 0 Å². The van der Waals surface area contributed by atoms with Crippen LogP contribution in [-0.2, 0) is 4.79 Å². The zero-order valence-corrected chi connectivity index (χ0v) is 10.9. The first-order valence-electron chi connectivity index (χ1n) is 6.92. The molecule has 0 radical (unpaired) electrons. The molecule has 0 aromatic heterocycles. The average Bonchev–Trinajstić information content (AvgIpc) is 3.13. The molecule has 1 aromatic carbocycles. The van der Waals surface area contributed by atoms with Gasteiger partial charge in [0.2, 0.25) is 5.91 Å². The third kappa shape index (κ3) is 2.09. The molecule has 0 bridgehead atoms. The molecule has 1 unspecified atom stereocenters. The molecule has 0 spiro atoms. The number of para-hydroxylation sites is 1. The smallest absolute Gasteiger partial charge is 0.223 e. The minimum Gasteiger partial charge on any atom is -0.384 e. The molecule has 3 nitrogen and oxygen atoms in total. The molecular formula is C15H20N2O. The van der Waals surface area contributed by atoms with E-state index in [1.807, 2.05) is 6.07 Å². The highest BCUT2D eigenvalue weighted by Crippen LogP contribution is 2.35. The Labute approximate surface area is 108 Å². The summed E-state index contributed by atoms with van der Waals surface area (Å²) in [4.78, 5) is 14.4. The Morgan fingerprint density at radius 3 is 2.89 bits per heavy atom. The van der Waals surface area contributed by atoms with Gasteiger partial charge < -0.3 is 10.2 Å². The molecular weight excluding hydrogens is 224 g/mol. The quantitative estimate of drug-likeness (QED) is 0.883. The van der Waals surface area contributed by atoms with Crippen molar-refractivity contribution in [3.05, 3.63) is 29.8 Å². The second-order valence-electron chi connectivity index (χ2n) is 5.28. The maximum atomic E-state index is 12.3. The van der Waals surface area contributed by atoms with Crippen molar-refractivity contribution in [1.29, 1.82) is 0 Å². The van der Waals surface area contributed by atoms with Crippen LogP contribution < -0.4 is 5.32 Å². The lowest BCUT2D eigenvalue weighted by atomic mass is 9.97. The predicted octanol–water partition coefficient (Wildman–Crippen LogP) is 2.60. The molecule has 3 rings (SSSR count). The van der Waals surface area contributed by atoms with Gasteiger partial charge in [-0.1, -0.05) is 18.2 Å². The molecule has 96 valence electrons. The maximum Gasteiger partial charge on any atom is 0.223 e. The van der Waals surface area contributed by atoms with Crippen LogP contribution in [0.2, 0.25) is 0 Å². The van der Waals surface area contributed by atoms with Crippen LogP contribution in [0, 0.1) is 0 Å². The number of anilines is 1. The maximum absolute atomic E-state index is 12.3. The topological polar surface area (TPSA) is 32.3 Å². The third-order valence-corrected chi connectivity index (χ3v) is 4.01. The number of rotatable bonds is 4. The first kappa shape index (κ1) is 11.6. The van der Waals surface area contributed by atoms with Gasteiger partial charge in [0.05, 0.1) is 0 Å². The number of hydrogen-bond donors (Lipinski definition) is 1. The van der Waals surface area contributed by atoms with Crippen molar-refractivity contribution in [2.45, 2.75) is 38.1 Å². The Balaban J connectivity index is 1.68. The lowest BCUT2D eigenvalue weighted by molar-refractivity contribution is -0.131. The van der Waals surface area contributed by atoms with E-state index in [-0.39, 0.29) is 0 Å². The molecule has 1 amide bonds. The van der Waals surface area contributed by atoms with E-state index in [1.54, 1.807) is 0 Å². The van der Waals surface area contributed by atoms with Crippen LogP contribution in [0.4, 0.5) is 5.69 Å². The van der Waals surface area contributed by atoms with Crippen molar-refractivity contribution in [1.82, 2.24) is 4.90 Å². The summed E-state index contributed by atoms with van der Waals surface area (Å²) in [5.41, 5.74) is 2.50. The number of nitrogens with zero attached hydrogens (tertiary/aromatic N) is 1. The van der Waals surface area contributed by atoms with Crippen molar-refractivity contribution < 1.29 is 4.79 Å². The summed E-state index contributed by atoms with van der Waals surface area (Å²) in [7, 11) is 0. The highest BCUT2D eigenvalue weighted by molar-refractivity contribution is 5.79. The molecule has 18 heavy (non-hydrogen) atoms. The lowest BCUT2D eigenvalue weighted by Crippen LogP contribution is -2.33. The largest absolute Gasteiger partial charge is 0.384 e. The van der Waals surface area contributed by atoms with Crippen LogP contribution in [0.15, 0.2) is 24.3 Å². The number of benzene rings is 1. The number of hydrogen-bond acceptors (Lipinski definition) is 2. The Morgan fingerprint density at radius 2 is 2.17 bits per heavy atom. The van der Waals surface area contributed by atoms with Gasteiger partial charge in [-0.15, -0.1) is 0 Å². The van der Waals surface area contributed by atoms with Gasteiger partial charge >= 0.3 is 0 Å². The predicted molar refractivity (Wildman–Crippen MR) is 72.7 cm³/mol. The van der Waals surface area contributed by atoms with E-state index in [0.717, 1.165) is 13.1 Å². The second-order valence-corrected chi connectivity index (χ2v) is 5.28. The van der Waals surface area contributed by atoms with Crippen LogP contribution >= 0.6 is 0 Å². The van der Waals surface area contributed by atoms with Crippen molar-refractivity contribution in [3.63, 3.8) is 0 Å². The van der Waals surface area contributed by atoms with Crippen molar-refractivity contribution in [3.8, 4) is 0 Å². The van der Waals surface area contributed by atoms with E-state index in [0.29, 0.717) is 24.3 Å². The van der Waals surface area contributed by atoms with E-state index in [1.165, 1.54) is 24.1 Å². The van der Waals surface area contributed by atoms with Gasteiger partial charge in [-0.05, 0) is 31.4 Å². The van der Waals surface area contributed by atoms with E-state index in [2.05, 4.69) is 35.3 Å². The normalized spacial score (nSPS) is 21.3. The minimum absolute atomic E-state index is 0.323. The Hall–Kier alpha value is -1.51. The van der Waals surface area contributed by atoms with E-state index < -0.39 is 0 Å². The fourth-order valence-electron chi connectivity index (χ4n) is 2.89. The fourth-order valence-corrected chi connectivity index (χ4v) is 2.89. The van der Waals surface area contributed by atoms with Crippen molar-refractivity contribution >= 4 is 11.6 Å². The molecule has 1 aliphatic carbocycles. The first-order chi connectivity index (χ1) is 8.79. The highest BCUT2D eigenvalue weighted by atomic mass is 16.2. The number of carbonyl (C=O) groups excluding carboxylic acids is 1. The summed E-state index contributed by atoms with van der Waals surface area (Å²) in [6.07, 6.45) is 3.03. The summed E-state index contributed by atoms with van der Waals surface area (Å²) in [5.74, 6) is 0.671. The second kappa shape index (κ2) is 4.63. The molecule has 0 saturated heterocycles. The molecule has 1 heterocycles. The van der Waals surface area contributed by atoms with E-state index >= 15 is 0 Å². The molecule has 1 aromatic rings. The number of amides is 1. The standard InChI is InChI=1S/C15H20N2O/c1-2-17(12-7-8-12)15(18)9-11-10-16-14-6-4-3-5-13(11)14/h3-6,11-12,16H,2,7-10H2,1H3. The number of carbonyl (C=O) groups is 1.